The van der Waals surface area contributed by atoms with Crippen molar-refractivity contribution in [2.24, 2.45) is 0 Å². The summed E-state index contributed by atoms with van der Waals surface area (Å²) in [5.74, 6) is 0.675. The maximum atomic E-state index is 5.78. The Morgan fingerprint density at radius 1 is 1.43 bits per heavy atom. The molecule has 0 unspecified atom stereocenters. The molecule has 0 aliphatic heterocycles. The number of hydrogen-bond donors (Lipinski definition) is 1. The lowest BCUT2D eigenvalue weighted by Crippen LogP contribution is -2.13. The highest BCUT2D eigenvalue weighted by molar-refractivity contribution is 5.49. The van der Waals surface area contributed by atoms with Crippen LogP contribution in [0.4, 0.5) is 5.69 Å². The van der Waals surface area contributed by atoms with Crippen molar-refractivity contribution in [1.29, 1.82) is 0 Å². The molecule has 76 valence electrons. The minimum atomic E-state index is 0.344. The van der Waals surface area contributed by atoms with E-state index in [1.54, 1.807) is 6.20 Å². The van der Waals surface area contributed by atoms with Crippen LogP contribution in [-0.2, 0) is 0 Å². The molecule has 0 spiro atoms. The number of nitrogens with zero attached hydrogens (tertiary/aromatic N) is 2. The first kappa shape index (κ1) is 9.24. The minimum absolute atomic E-state index is 0.344. The lowest BCUT2D eigenvalue weighted by molar-refractivity contribution is 0.202. The first-order chi connectivity index (χ1) is 6.90. The average Bonchev–Trinajstić information content (AvgIpc) is 2.71. The van der Waals surface area contributed by atoms with Crippen LogP contribution in [0.2, 0.25) is 0 Å². The Bertz CT molecular complexity index is 297. The van der Waals surface area contributed by atoms with E-state index in [4.69, 9.17) is 4.74 Å². The molecule has 14 heavy (non-hydrogen) atoms. The molecule has 1 N–H and O–H groups in total. The Kier molecular flexibility index (Phi) is 2.81. The van der Waals surface area contributed by atoms with Gasteiger partial charge in [0.05, 0.1) is 6.20 Å². The van der Waals surface area contributed by atoms with E-state index < -0.39 is 0 Å². The monoisotopic (exact) mass is 193 g/mol. The highest BCUT2D eigenvalue weighted by atomic mass is 16.5. The van der Waals surface area contributed by atoms with Gasteiger partial charge in [-0.1, -0.05) is 0 Å². The normalized spacial score (nSPS) is 16.9. The van der Waals surface area contributed by atoms with Gasteiger partial charge < -0.3 is 10.1 Å². The Morgan fingerprint density at radius 3 is 2.93 bits per heavy atom. The molecule has 4 nitrogen and oxygen atoms in total. The minimum Gasteiger partial charge on any atom is -0.473 e. The quantitative estimate of drug-likeness (QED) is 0.795. The second kappa shape index (κ2) is 4.26. The molecule has 1 saturated carbocycles. The SMILES string of the molecule is CNc1cncnc1OC1CCCC1. The van der Waals surface area contributed by atoms with Crippen LogP contribution in [0.25, 0.3) is 0 Å². The Labute approximate surface area is 83.7 Å². The molecule has 1 aliphatic carbocycles. The van der Waals surface area contributed by atoms with Crippen molar-refractivity contribution in [3.63, 3.8) is 0 Å². The Balaban J connectivity index is 2.07. The lowest BCUT2D eigenvalue weighted by Gasteiger charge is -2.14. The molecule has 1 aromatic rings. The van der Waals surface area contributed by atoms with Gasteiger partial charge in [0.25, 0.3) is 0 Å². The summed E-state index contributed by atoms with van der Waals surface area (Å²) in [7, 11) is 1.85. The molecule has 1 heterocycles. The van der Waals surface area contributed by atoms with Crippen LogP contribution in [0.3, 0.4) is 0 Å². The fourth-order valence-electron chi connectivity index (χ4n) is 1.75. The van der Waals surface area contributed by atoms with E-state index in [0.717, 1.165) is 18.5 Å². The van der Waals surface area contributed by atoms with Crippen molar-refractivity contribution < 1.29 is 4.74 Å². The van der Waals surface area contributed by atoms with E-state index in [9.17, 15) is 0 Å². The summed E-state index contributed by atoms with van der Waals surface area (Å²) in [5, 5.41) is 3.02. The van der Waals surface area contributed by atoms with E-state index in [1.807, 2.05) is 7.05 Å². The summed E-state index contributed by atoms with van der Waals surface area (Å²) in [6, 6.07) is 0. The van der Waals surface area contributed by atoms with Crippen molar-refractivity contribution in [2.45, 2.75) is 31.8 Å². The third kappa shape index (κ3) is 1.95. The standard InChI is InChI=1S/C10H15N3O/c1-11-9-6-12-7-13-10(9)14-8-4-2-3-5-8/h6-8,11H,2-5H2,1H3. The molecule has 0 bridgehead atoms. The molecule has 0 radical (unpaired) electrons. The molecule has 1 fully saturated rings. The van der Waals surface area contributed by atoms with Crippen molar-refractivity contribution >= 4 is 5.69 Å². The predicted molar refractivity (Wildman–Crippen MR) is 54.5 cm³/mol. The second-order valence-electron chi connectivity index (χ2n) is 3.52. The van der Waals surface area contributed by atoms with Crippen LogP contribution in [0.1, 0.15) is 25.7 Å². The number of aromatic nitrogens is 2. The van der Waals surface area contributed by atoms with Crippen molar-refractivity contribution in [2.75, 3.05) is 12.4 Å². The number of hydrogen-bond acceptors (Lipinski definition) is 4. The number of ether oxygens (including phenoxy) is 1. The third-order valence-electron chi connectivity index (χ3n) is 2.53. The molecule has 0 atom stereocenters. The summed E-state index contributed by atoms with van der Waals surface area (Å²) in [6.45, 7) is 0. The largest absolute Gasteiger partial charge is 0.473 e. The van der Waals surface area contributed by atoms with Crippen molar-refractivity contribution in [3.05, 3.63) is 12.5 Å². The van der Waals surface area contributed by atoms with Crippen molar-refractivity contribution in [1.82, 2.24) is 9.97 Å². The molecule has 4 heteroatoms. The average molecular weight is 193 g/mol. The first-order valence-corrected chi connectivity index (χ1v) is 5.04. The molecular formula is C10H15N3O. The zero-order valence-electron chi connectivity index (χ0n) is 8.36. The van der Waals surface area contributed by atoms with Gasteiger partial charge in [0.2, 0.25) is 5.88 Å². The maximum Gasteiger partial charge on any atom is 0.240 e. The summed E-state index contributed by atoms with van der Waals surface area (Å²) in [6.07, 6.45) is 8.43. The van der Waals surface area contributed by atoms with Gasteiger partial charge in [-0.15, -0.1) is 0 Å². The van der Waals surface area contributed by atoms with Crippen LogP contribution < -0.4 is 10.1 Å². The molecule has 1 aliphatic rings. The highest BCUT2D eigenvalue weighted by Gasteiger charge is 2.18. The predicted octanol–water partition coefficient (Wildman–Crippen LogP) is 1.84. The van der Waals surface area contributed by atoms with E-state index >= 15 is 0 Å². The first-order valence-electron chi connectivity index (χ1n) is 5.04. The summed E-state index contributed by atoms with van der Waals surface area (Å²) >= 11 is 0. The van der Waals surface area contributed by atoms with E-state index in [0.29, 0.717) is 12.0 Å². The number of nitrogens with one attached hydrogen (secondary N) is 1. The van der Waals surface area contributed by atoms with Crippen LogP contribution >= 0.6 is 0 Å². The Hall–Kier alpha value is -1.32. The molecule has 2 rings (SSSR count). The van der Waals surface area contributed by atoms with Gasteiger partial charge >= 0.3 is 0 Å². The topological polar surface area (TPSA) is 47.0 Å². The third-order valence-corrected chi connectivity index (χ3v) is 2.53. The lowest BCUT2D eigenvalue weighted by atomic mass is 10.3. The van der Waals surface area contributed by atoms with Gasteiger partial charge in [-0.05, 0) is 25.7 Å². The zero-order chi connectivity index (χ0) is 9.80. The zero-order valence-corrected chi connectivity index (χ0v) is 8.36. The molecule has 0 saturated heterocycles. The fourth-order valence-corrected chi connectivity index (χ4v) is 1.75. The summed E-state index contributed by atoms with van der Waals surface area (Å²) < 4.78 is 5.78. The maximum absolute atomic E-state index is 5.78. The van der Waals surface area contributed by atoms with Gasteiger partial charge in [0.1, 0.15) is 18.1 Å². The van der Waals surface area contributed by atoms with E-state index in [-0.39, 0.29) is 0 Å². The van der Waals surface area contributed by atoms with Crippen LogP contribution in [0.5, 0.6) is 5.88 Å². The molecule has 0 amide bonds. The molecule has 1 aromatic heterocycles. The molecular weight excluding hydrogens is 178 g/mol. The Morgan fingerprint density at radius 2 is 2.21 bits per heavy atom. The second-order valence-corrected chi connectivity index (χ2v) is 3.52. The van der Waals surface area contributed by atoms with Crippen LogP contribution in [0, 0.1) is 0 Å². The number of anilines is 1. The highest BCUT2D eigenvalue weighted by Crippen LogP contribution is 2.26. The smallest absolute Gasteiger partial charge is 0.240 e. The van der Waals surface area contributed by atoms with Gasteiger partial charge in [0, 0.05) is 7.05 Å². The van der Waals surface area contributed by atoms with Gasteiger partial charge in [-0.2, -0.15) is 4.98 Å². The van der Waals surface area contributed by atoms with E-state index in [2.05, 4.69) is 15.3 Å². The van der Waals surface area contributed by atoms with Crippen LogP contribution in [0.15, 0.2) is 12.5 Å². The van der Waals surface area contributed by atoms with Gasteiger partial charge in [0.15, 0.2) is 0 Å². The fraction of sp³-hybridized carbons (Fsp3) is 0.600. The van der Waals surface area contributed by atoms with Gasteiger partial charge in [-0.3, -0.25) is 0 Å². The van der Waals surface area contributed by atoms with Crippen molar-refractivity contribution in [3.8, 4) is 5.88 Å². The number of rotatable bonds is 3. The van der Waals surface area contributed by atoms with E-state index in [1.165, 1.54) is 19.2 Å². The van der Waals surface area contributed by atoms with Gasteiger partial charge in [-0.25, -0.2) is 4.98 Å². The summed E-state index contributed by atoms with van der Waals surface area (Å²) in [5.41, 5.74) is 0.861. The van der Waals surface area contributed by atoms with Crippen LogP contribution in [-0.4, -0.2) is 23.1 Å². The summed E-state index contributed by atoms with van der Waals surface area (Å²) in [4.78, 5) is 8.05. The molecule has 0 aromatic carbocycles.